The van der Waals surface area contributed by atoms with Crippen LogP contribution in [0.4, 0.5) is 0 Å². The maximum atomic E-state index is 13.2. The molecule has 0 radical (unpaired) electrons. The highest BCUT2D eigenvalue weighted by Crippen LogP contribution is 2.49. The van der Waals surface area contributed by atoms with Crippen molar-refractivity contribution in [1.82, 2.24) is 5.01 Å². The van der Waals surface area contributed by atoms with Crippen molar-refractivity contribution in [2.24, 2.45) is 28.8 Å². The molecule has 7 rings (SSSR count). The molecule has 4 aliphatic rings. The summed E-state index contributed by atoms with van der Waals surface area (Å²) in [6.07, 6.45) is 7.75. The van der Waals surface area contributed by atoms with Gasteiger partial charge in [0.25, 0.3) is 11.8 Å². The van der Waals surface area contributed by atoms with Crippen LogP contribution in [0.15, 0.2) is 77.9 Å². The summed E-state index contributed by atoms with van der Waals surface area (Å²) < 4.78 is 6.15. The van der Waals surface area contributed by atoms with Crippen molar-refractivity contribution in [3.63, 3.8) is 0 Å². The van der Waals surface area contributed by atoms with E-state index in [0.29, 0.717) is 17.4 Å². The maximum absolute atomic E-state index is 13.2. The van der Waals surface area contributed by atoms with Gasteiger partial charge in [-0.2, -0.15) is 10.1 Å². The standard InChI is InChI=1S/C28H23ClN2O3/c29-21-12-5-17(6-13-21)16-34-24-14-11-18-3-1-2-4-22(18)23(24)15-30-31-27(32)25-19-7-8-20(10-9-19)26(25)28(31)33/h1-8,11-15,19-20,25-26H,9-10,16H2/b30-15-/t19-,20-,25-,26-/m0/s1. The predicted molar refractivity (Wildman–Crippen MR) is 132 cm³/mol. The summed E-state index contributed by atoms with van der Waals surface area (Å²) >= 11 is 5.99. The summed E-state index contributed by atoms with van der Waals surface area (Å²) in [6.45, 7) is 0.358. The number of amides is 2. The summed E-state index contributed by atoms with van der Waals surface area (Å²) in [6, 6.07) is 19.3. The maximum Gasteiger partial charge on any atom is 0.254 e. The molecule has 0 unspecified atom stereocenters. The molecule has 1 heterocycles. The fourth-order valence-corrected chi connectivity index (χ4v) is 5.69. The average molecular weight is 471 g/mol. The third-order valence-corrected chi connectivity index (χ3v) is 7.53. The van der Waals surface area contributed by atoms with Crippen molar-refractivity contribution in [1.29, 1.82) is 0 Å². The van der Waals surface area contributed by atoms with Crippen molar-refractivity contribution in [2.75, 3.05) is 0 Å². The molecular weight excluding hydrogens is 448 g/mol. The Morgan fingerprint density at radius 1 is 0.912 bits per heavy atom. The molecule has 1 aliphatic heterocycles. The first kappa shape index (κ1) is 21.1. The molecule has 2 fully saturated rings. The number of benzene rings is 3. The van der Waals surface area contributed by atoms with Crippen LogP contribution in [0.3, 0.4) is 0 Å². The fraction of sp³-hybridized carbons (Fsp3) is 0.250. The molecule has 3 aliphatic carbocycles. The molecule has 4 atom stereocenters. The normalized spacial score (nSPS) is 25.5. The second-order valence-electron chi connectivity index (χ2n) is 9.19. The van der Waals surface area contributed by atoms with Crippen molar-refractivity contribution in [2.45, 2.75) is 19.4 Å². The van der Waals surface area contributed by atoms with E-state index in [1.165, 1.54) is 0 Å². The number of hydrazone groups is 1. The molecule has 0 N–H and O–H groups in total. The number of nitrogens with zero attached hydrogens (tertiary/aromatic N) is 2. The number of carbonyl (C=O) groups excluding carboxylic acids is 2. The molecule has 1 saturated heterocycles. The van der Waals surface area contributed by atoms with Gasteiger partial charge in [-0.1, -0.05) is 66.2 Å². The second-order valence-corrected chi connectivity index (χ2v) is 9.62. The van der Waals surface area contributed by atoms with Crippen LogP contribution in [-0.4, -0.2) is 23.0 Å². The predicted octanol–water partition coefficient (Wildman–Crippen LogP) is 5.60. The van der Waals surface area contributed by atoms with Crippen LogP contribution in [0, 0.1) is 23.7 Å². The zero-order valence-corrected chi connectivity index (χ0v) is 19.2. The first-order valence-electron chi connectivity index (χ1n) is 11.6. The number of rotatable bonds is 5. The fourth-order valence-electron chi connectivity index (χ4n) is 5.56. The van der Waals surface area contributed by atoms with Gasteiger partial charge in [0.15, 0.2) is 0 Å². The number of fused-ring (bicyclic) bond motifs is 2. The molecule has 6 heteroatoms. The Morgan fingerprint density at radius 2 is 1.59 bits per heavy atom. The summed E-state index contributed by atoms with van der Waals surface area (Å²) in [5.74, 6) is -0.00739. The third-order valence-electron chi connectivity index (χ3n) is 7.28. The van der Waals surface area contributed by atoms with Crippen LogP contribution in [-0.2, 0) is 16.2 Å². The van der Waals surface area contributed by atoms with E-state index in [1.807, 2.05) is 60.7 Å². The van der Waals surface area contributed by atoms with E-state index in [9.17, 15) is 9.59 Å². The van der Waals surface area contributed by atoms with Gasteiger partial charge in [-0.15, -0.1) is 0 Å². The first-order chi connectivity index (χ1) is 16.6. The van der Waals surface area contributed by atoms with E-state index in [2.05, 4.69) is 17.3 Å². The van der Waals surface area contributed by atoms with Gasteiger partial charge < -0.3 is 4.74 Å². The van der Waals surface area contributed by atoms with Crippen LogP contribution in [0.5, 0.6) is 5.75 Å². The van der Waals surface area contributed by atoms with Gasteiger partial charge in [0.05, 0.1) is 18.1 Å². The van der Waals surface area contributed by atoms with Gasteiger partial charge in [0.1, 0.15) is 12.4 Å². The minimum absolute atomic E-state index is 0.141. The van der Waals surface area contributed by atoms with Gasteiger partial charge in [-0.25, -0.2) is 0 Å². The van der Waals surface area contributed by atoms with Gasteiger partial charge in [0, 0.05) is 10.6 Å². The smallest absolute Gasteiger partial charge is 0.254 e. The zero-order valence-electron chi connectivity index (χ0n) is 18.4. The largest absolute Gasteiger partial charge is 0.488 e. The number of hydrogen-bond donors (Lipinski definition) is 0. The Hall–Kier alpha value is -3.44. The van der Waals surface area contributed by atoms with Crippen LogP contribution in [0.25, 0.3) is 10.8 Å². The second kappa shape index (κ2) is 8.41. The van der Waals surface area contributed by atoms with Crippen molar-refractivity contribution in [3.8, 4) is 5.75 Å². The van der Waals surface area contributed by atoms with E-state index in [1.54, 1.807) is 6.21 Å². The SMILES string of the molecule is O=C1[C@@H]2[C@@H](C(=O)N1/N=C\c1c(OCc3ccc(Cl)cc3)ccc3ccccc13)[C@H]1C=C[C@H]2CC1. The van der Waals surface area contributed by atoms with E-state index in [-0.39, 0.29) is 35.5 Å². The van der Waals surface area contributed by atoms with Crippen molar-refractivity contribution in [3.05, 3.63) is 89.0 Å². The topological polar surface area (TPSA) is 59.0 Å². The van der Waals surface area contributed by atoms with Crippen LogP contribution in [0.1, 0.15) is 24.0 Å². The molecule has 1 saturated carbocycles. The Bertz CT molecular complexity index is 1320. The number of ether oxygens (including phenoxy) is 1. The van der Waals surface area contributed by atoms with Gasteiger partial charge >= 0.3 is 0 Å². The summed E-state index contributed by atoms with van der Waals surface area (Å²) in [5.41, 5.74) is 1.72. The molecule has 5 nitrogen and oxygen atoms in total. The van der Waals surface area contributed by atoms with E-state index in [4.69, 9.17) is 16.3 Å². The zero-order chi connectivity index (χ0) is 23.2. The third kappa shape index (κ3) is 3.51. The number of carbonyl (C=O) groups is 2. The van der Waals surface area contributed by atoms with Crippen molar-refractivity contribution >= 4 is 40.4 Å². The molecular formula is C28H23ClN2O3. The highest BCUT2D eigenvalue weighted by atomic mass is 35.5. The summed E-state index contributed by atoms with van der Waals surface area (Å²) in [4.78, 5) is 26.3. The van der Waals surface area contributed by atoms with Crippen LogP contribution in [0.2, 0.25) is 5.02 Å². The Balaban J connectivity index is 1.32. The molecule has 3 aromatic rings. The number of hydrogen-bond acceptors (Lipinski definition) is 4. The van der Waals surface area contributed by atoms with Gasteiger partial charge in [0.2, 0.25) is 0 Å². The van der Waals surface area contributed by atoms with Crippen molar-refractivity contribution < 1.29 is 14.3 Å². The lowest BCUT2D eigenvalue weighted by atomic mass is 9.63. The van der Waals surface area contributed by atoms with E-state index in [0.717, 1.165) is 39.7 Å². The first-order valence-corrected chi connectivity index (χ1v) is 12.0. The summed E-state index contributed by atoms with van der Waals surface area (Å²) in [5, 5.41) is 8.17. The molecule has 34 heavy (non-hydrogen) atoms. The Labute approximate surface area is 202 Å². The minimum Gasteiger partial charge on any atom is -0.488 e. The summed E-state index contributed by atoms with van der Waals surface area (Å²) in [7, 11) is 0. The molecule has 170 valence electrons. The Kier molecular flexibility index (Phi) is 5.22. The Morgan fingerprint density at radius 3 is 2.26 bits per heavy atom. The number of allylic oxidation sites excluding steroid dienone is 2. The monoisotopic (exact) mass is 470 g/mol. The molecule has 2 bridgehead atoms. The average Bonchev–Trinajstić information content (AvgIpc) is 3.15. The highest BCUT2D eigenvalue weighted by Gasteiger charge is 2.56. The van der Waals surface area contributed by atoms with Crippen LogP contribution < -0.4 is 4.74 Å². The number of halogens is 1. The highest BCUT2D eigenvalue weighted by molar-refractivity contribution is 6.30. The van der Waals surface area contributed by atoms with Crippen LogP contribution >= 0.6 is 11.6 Å². The lowest BCUT2D eigenvalue weighted by Crippen LogP contribution is -2.38. The van der Waals surface area contributed by atoms with Gasteiger partial charge in [-0.3, -0.25) is 9.59 Å². The van der Waals surface area contributed by atoms with Gasteiger partial charge in [-0.05, 0) is 59.2 Å². The lowest BCUT2D eigenvalue weighted by molar-refractivity contribution is -0.140. The number of imide groups is 1. The van der Waals surface area contributed by atoms with E-state index < -0.39 is 0 Å². The molecule has 3 aromatic carbocycles. The lowest BCUT2D eigenvalue weighted by Gasteiger charge is -2.37. The molecule has 0 aromatic heterocycles. The van der Waals surface area contributed by atoms with E-state index >= 15 is 0 Å². The molecule has 0 spiro atoms. The minimum atomic E-state index is -0.276. The molecule has 2 amide bonds. The quantitative estimate of drug-likeness (QED) is 0.277.